The van der Waals surface area contributed by atoms with E-state index < -0.39 is 15.9 Å². The van der Waals surface area contributed by atoms with Gasteiger partial charge in [-0.1, -0.05) is 29.8 Å². The number of rotatable bonds is 5. The summed E-state index contributed by atoms with van der Waals surface area (Å²) in [7, 11) is -2.46. The van der Waals surface area contributed by atoms with E-state index in [1.807, 2.05) is 4.72 Å². The van der Waals surface area contributed by atoms with Gasteiger partial charge < -0.3 is 4.74 Å². The molecule has 2 aromatic rings. The molecule has 0 atom stereocenters. The van der Waals surface area contributed by atoms with Crippen LogP contribution in [0.5, 0.6) is 5.75 Å². The van der Waals surface area contributed by atoms with Crippen molar-refractivity contribution in [1.29, 1.82) is 0 Å². The van der Waals surface area contributed by atoms with Crippen molar-refractivity contribution in [3.63, 3.8) is 0 Å². The van der Waals surface area contributed by atoms with Crippen LogP contribution in [0.3, 0.4) is 0 Å². The monoisotopic (exact) mass is 365 g/mol. The van der Waals surface area contributed by atoms with E-state index in [-0.39, 0.29) is 5.56 Å². The Bertz CT molecular complexity index is 891. The molecular formula is C17H16ClNO4S. The second-order valence-corrected chi connectivity index (χ2v) is 6.98. The summed E-state index contributed by atoms with van der Waals surface area (Å²) < 4.78 is 31.3. The average Bonchev–Trinajstić information content (AvgIpc) is 2.52. The fourth-order valence-electron chi connectivity index (χ4n) is 2.07. The summed E-state index contributed by atoms with van der Waals surface area (Å²) in [6, 6.07) is 11.5. The maximum Gasteiger partial charge on any atom is 0.265 e. The molecule has 5 nitrogen and oxygen atoms in total. The highest BCUT2D eigenvalue weighted by Gasteiger charge is 2.15. The number of carbonyl (C=O) groups excluding carboxylic acids is 1. The van der Waals surface area contributed by atoms with E-state index in [2.05, 4.69) is 0 Å². The lowest BCUT2D eigenvalue weighted by atomic mass is 10.1. The number of benzene rings is 2. The zero-order chi connectivity index (χ0) is 17.7. The minimum atomic E-state index is -3.95. The first-order valence-corrected chi connectivity index (χ1v) is 8.89. The summed E-state index contributed by atoms with van der Waals surface area (Å²) in [5.41, 5.74) is 1.41. The largest absolute Gasteiger partial charge is 0.496 e. The smallest absolute Gasteiger partial charge is 0.265 e. The molecule has 0 heterocycles. The Balaban J connectivity index is 2.19. The second-order valence-electron chi connectivity index (χ2n) is 4.98. The van der Waals surface area contributed by atoms with Gasteiger partial charge in [-0.2, -0.15) is 0 Å². The molecule has 0 unspecified atom stereocenters. The number of para-hydroxylation sites is 1. The topological polar surface area (TPSA) is 72.5 Å². The van der Waals surface area contributed by atoms with Crippen LogP contribution < -0.4 is 9.46 Å². The van der Waals surface area contributed by atoms with Gasteiger partial charge in [-0.3, -0.25) is 4.79 Å². The van der Waals surface area contributed by atoms with Gasteiger partial charge in [-0.15, -0.1) is 0 Å². The van der Waals surface area contributed by atoms with E-state index in [0.717, 1.165) is 5.41 Å². The molecule has 2 rings (SSSR count). The minimum absolute atomic E-state index is 0.244. The number of carbonyl (C=O) groups is 1. The SMILES string of the molecule is COc1ccccc1/C=C/S(=O)(=O)NC(=O)c1ccc(Cl)cc1C. The lowest BCUT2D eigenvalue weighted by Gasteiger charge is -2.07. The van der Waals surface area contributed by atoms with Crippen molar-refractivity contribution in [2.24, 2.45) is 0 Å². The lowest BCUT2D eigenvalue weighted by Crippen LogP contribution is -2.29. The fraction of sp³-hybridized carbons (Fsp3) is 0.118. The van der Waals surface area contributed by atoms with Crippen LogP contribution in [-0.2, 0) is 10.0 Å². The van der Waals surface area contributed by atoms with Crippen LogP contribution in [0.25, 0.3) is 6.08 Å². The first-order chi connectivity index (χ1) is 11.3. The number of aryl methyl sites for hydroxylation is 1. The quantitative estimate of drug-likeness (QED) is 0.881. The number of ether oxygens (including phenoxy) is 1. The maximum atomic E-state index is 12.1. The highest BCUT2D eigenvalue weighted by molar-refractivity contribution is 7.93. The second kappa shape index (κ2) is 7.51. The number of sulfonamides is 1. The van der Waals surface area contributed by atoms with Gasteiger partial charge in [0.05, 0.1) is 12.5 Å². The number of methoxy groups -OCH3 is 1. The lowest BCUT2D eigenvalue weighted by molar-refractivity contribution is 0.0981. The van der Waals surface area contributed by atoms with E-state index in [1.54, 1.807) is 37.3 Å². The third kappa shape index (κ3) is 4.59. The molecule has 0 saturated carbocycles. The molecule has 0 aliphatic carbocycles. The standard InChI is InChI=1S/C17H16ClNO4S/c1-12-11-14(18)7-8-15(12)17(20)19-24(21,22)10-9-13-5-3-4-6-16(13)23-2/h3-11H,1-2H3,(H,19,20)/b10-9+. The van der Waals surface area contributed by atoms with Gasteiger partial charge in [-0.25, -0.2) is 13.1 Å². The van der Waals surface area contributed by atoms with Crippen LogP contribution >= 0.6 is 11.6 Å². The molecule has 0 spiro atoms. The van der Waals surface area contributed by atoms with Crippen LogP contribution in [0.1, 0.15) is 21.5 Å². The van der Waals surface area contributed by atoms with E-state index in [9.17, 15) is 13.2 Å². The van der Waals surface area contributed by atoms with Crippen molar-refractivity contribution < 1.29 is 17.9 Å². The van der Waals surface area contributed by atoms with Gasteiger partial charge in [0, 0.05) is 16.1 Å². The van der Waals surface area contributed by atoms with E-state index in [1.165, 1.54) is 25.3 Å². The predicted molar refractivity (Wildman–Crippen MR) is 94.6 cm³/mol. The Morgan fingerprint density at radius 1 is 1.21 bits per heavy atom. The normalized spacial score (nSPS) is 11.5. The molecule has 1 amide bonds. The van der Waals surface area contributed by atoms with E-state index >= 15 is 0 Å². The molecule has 24 heavy (non-hydrogen) atoms. The molecule has 0 aliphatic rings. The summed E-state index contributed by atoms with van der Waals surface area (Å²) >= 11 is 5.83. The van der Waals surface area contributed by atoms with Crippen molar-refractivity contribution in [3.05, 3.63) is 69.6 Å². The molecule has 0 saturated heterocycles. The minimum Gasteiger partial charge on any atom is -0.496 e. The number of hydrogen-bond acceptors (Lipinski definition) is 4. The molecule has 1 N–H and O–H groups in total. The zero-order valence-electron chi connectivity index (χ0n) is 13.1. The molecular weight excluding hydrogens is 350 g/mol. The fourth-order valence-corrected chi connectivity index (χ4v) is 3.06. The van der Waals surface area contributed by atoms with Crippen molar-refractivity contribution in [1.82, 2.24) is 4.72 Å². The molecule has 7 heteroatoms. The Kier molecular flexibility index (Phi) is 5.64. The summed E-state index contributed by atoms with van der Waals surface area (Å²) in [5.74, 6) is -0.183. The van der Waals surface area contributed by atoms with Crippen LogP contribution in [-0.4, -0.2) is 21.4 Å². The molecule has 0 radical (unpaired) electrons. The molecule has 0 aromatic heterocycles. The molecule has 2 aromatic carbocycles. The number of halogens is 1. The van der Waals surface area contributed by atoms with Crippen LogP contribution in [0.2, 0.25) is 5.02 Å². The maximum absolute atomic E-state index is 12.1. The van der Waals surface area contributed by atoms with Crippen molar-refractivity contribution in [3.8, 4) is 5.75 Å². The molecule has 126 valence electrons. The summed E-state index contributed by atoms with van der Waals surface area (Å²) in [6.07, 6.45) is 1.36. The van der Waals surface area contributed by atoms with E-state index in [4.69, 9.17) is 16.3 Å². The van der Waals surface area contributed by atoms with Crippen molar-refractivity contribution in [2.45, 2.75) is 6.92 Å². The van der Waals surface area contributed by atoms with Gasteiger partial charge >= 0.3 is 0 Å². The molecule has 0 fully saturated rings. The van der Waals surface area contributed by atoms with Crippen LogP contribution in [0.15, 0.2) is 47.9 Å². The van der Waals surface area contributed by atoms with Gasteiger partial charge in [0.15, 0.2) is 0 Å². The number of amides is 1. The summed E-state index contributed by atoms with van der Waals surface area (Å²) in [4.78, 5) is 12.1. The van der Waals surface area contributed by atoms with Crippen LogP contribution in [0, 0.1) is 6.92 Å². The molecule has 0 aliphatic heterocycles. The van der Waals surface area contributed by atoms with Gasteiger partial charge in [0.1, 0.15) is 5.75 Å². The van der Waals surface area contributed by atoms with Crippen molar-refractivity contribution in [2.75, 3.05) is 7.11 Å². The third-order valence-corrected chi connectivity index (χ3v) is 4.43. The van der Waals surface area contributed by atoms with E-state index in [0.29, 0.717) is 21.9 Å². The van der Waals surface area contributed by atoms with Gasteiger partial charge in [0.25, 0.3) is 15.9 Å². The Morgan fingerprint density at radius 3 is 2.58 bits per heavy atom. The first kappa shape index (κ1) is 18.0. The Hall–Kier alpha value is -2.31. The third-order valence-electron chi connectivity index (χ3n) is 3.23. The number of hydrogen-bond donors (Lipinski definition) is 1. The summed E-state index contributed by atoms with van der Waals surface area (Å²) in [6.45, 7) is 1.68. The predicted octanol–water partition coefficient (Wildman–Crippen LogP) is 3.39. The Labute approximate surface area is 146 Å². The molecule has 0 bridgehead atoms. The zero-order valence-corrected chi connectivity index (χ0v) is 14.7. The van der Waals surface area contributed by atoms with Gasteiger partial charge in [0.2, 0.25) is 0 Å². The highest BCUT2D eigenvalue weighted by atomic mass is 35.5. The number of nitrogens with one attached hydrogen (secondary N) is 1. The van der Waals surface area contributed by atoms with Crippen molar-refractivity contribution >= 4 is 33.6 Å². The van der Waals surface area contributed by atoms with Crippen LogP contribution in [0.4, 0.5) is 0 Å². The van der Waals surface area contributed by atoms with Gasteiger partial charge in [-0.05, 0) is 42.8 Å². The summed E-state index contributed by atoms with van der Waals surface area (Å²) in [5, 5.41) is 1.40. The average molecular weight is 366 g/mol. The highest BCUT2D eigenvalue weighted by Crippen LogP contribution is 2.19. The Morgan fingerprint density at radius 2 is 1.92 bits per heavy atom. The first-order valence-electron chi connectivity index (χ1n) is 6.97.